The molecule has 0 aliphatic rings. The number of aromatic nitrogens is 1. The van der Waals surface area contributed by atoms with E-state index in [1.54, 1.807) is 33.1 Å². The molecule has 0 aliphatic heterocycles. The van der Waals surface area contributed by atoms with Gasteiger partial charge in [-0.15, -0.1) is 11.3 Å². The van der Waals surface area contributed by atoms with E-state index in [0.717, 1.165) is 0 Å². The predicted octanol–water partition coefficient (Wildman–Crippen LogP) is 3.54. The molecule has 0 radical (unpaired) electrons. The van der Waals surface area contributed by atoms with Crippen LogP contribution in [0.1, 0.15) is 63.1 Å². The highest BCUT2D eigenvalue weighted by atomic mass is 32.1. The van der Waals surface area contributed by atoms with Gasteiger partial charge in [-0.05, 0) is 33.6 Å². The Hall–Kier alpha value is -1.63. The zero-order valence-electron chi connectivity index (χ0n) is 13.9. The molecule has 0 spiro atoms. The lowest BCUT2D eigenvalue weighted by atomic mass is 10.1. The SMILES string of the molecule is CCOC(=O)c1csc([C@H](NC(=O)OC(C)(C)C)C(C)C)n1. The minimum absolute atomic E-state index is 0.105. The molecule has 0 bridgehead atoms. The number of alkyl carbamates (subject to hydrolysis) is 1. The Labute approximate surface area is 135 Å². The summed E-state index contributed by atoms with van der Waals surface area (Å²) in [6, 6.07) is -0.317. The molecule has 6 nitrogen and oxygen atoms in total. The number of hydrogen-bond acceptors (Lipinski definition) is 6. The Kier molecular flexibility index (Phi) is 6.34. The molecule has 0 aromatic carbocycles. The summed E-state index contributed by atoms with van der Waals surface area (Å²) in [5.74, 6) is -0.349. The van der Waals surface area contributed by atoms with Gasteiger partial charge in [0.05, 0.1) is 12.6 Å². The number of esters is 1. The van der Waals surface area contributed by atoms with Gasteiger partial charge in [0.15, 0.2) is 5.69 Å². The molecular weight excluding hydrogens is 304 g/mol. The Morgan fingerprint density at radius 1 is 1.36 bits per heavy atom. The van der Waals surface area contributed by atoms with Crippen LogP contribution in [0.15, 0.2) is 5.38 Å². The monoisotopic (exact) mass is 328 g/mol. The molecule has 124 valence electrons. The smallest absolute Gasteiger partial charge is 0.408 e. The largest absolute Gasteiger partial charge is 0.461 e. The number of amides is 1. The van der Waals surface area contributed by atoms with Crippen LogP contribution in [0.2, 0.25) is 0 Å². The summed E-state index contributed by atoms with van der Waals surface area (Å²) in [5, 5.41) is 5.10. The van der Waals surface area contributed by atoms with Crippen LogP contribution in [0.5, 0.6) is 0 Å². The van der Waals surface area contributed by atoms with Crippen molar-refractivity contribution >= 4 is 23.4 Å². The van der Waals surface area contributed by atoms with Crippen LogP contribution in [-0.4, -0.2) is 29.3 Å². The summed E-state index contributed by atoms with van der Waals surface area (Å²) in [6.45, 7) is 11.4. The topological polar surface area (TPSA) is 77.5 Å². The van der Waals surface area contributed by atoms with Gasteiger partial charge < -0.3 is 14.8 Å². The fraction of sp³-hybridized carbons (Fsp3) is 0.667. The van der Waals surface area contributed by atoms with Crippen molar-refractivity contribution in [3.05, 3.63) is 16.1 Å². The van der Waals surface area contributed by atoms with Gasteiger partial charge in [-0.1, -0.05) is 13.8 Å². The number of nitrogens with zero attached hydrogens (tertiary/aromatic N) is 1. The summed E-state index contributed by atoms with van der Waals surface area (Å²) < 4.78 is 10.2. The number of rotatable bonds is 5. The first-order valence-electron chi connectivity index (χ1n) is 7.26. The van der Waals surface area contributed by atoms with Crippen LogP contribution >= 0.6 is 11.3 Å². The van der Waals surface area contributed by atoms with E-state index < -0.39 is 17.7 Å². The van der Waals surface area contributed by atoms with Crippen molar-refractivity contribution in [2.45, 2.75) is 53.2 Å². The van der Waals surface area contributed by atoms with Gasteiger partial charge in [-0.25, -0.2) is 14.6 Å². The van der Waals surface area contributed by atoms with E-state index in [1.807, 2.05) is 13.8 Å². The number of carbonyl (C=O) groups is 2. The average Bonchev–Trinajstić information content (AvgIpc) is 2.83. The number of carbonyl (C=O) groups excluding carboxylic acids is 2. The fourth-order valence-electron chi connectivity index (χ4n) is 1.68. The zero-order valence-corrected chi connectivity index (χ0v) is 14.7. The molecule has 22 heavy (non-hydrogen) atoms. The summed E-state index contributed by atoms with van der Waals surface area (Å²) in [6.07, 6.45) is -0.501. The van der Waals surface area contributed by atoms with E-state index in [1.165, 1.54) is 11.3 Å². The van der Waals surface area contributed by atoms with Crippen molar-refractivity contribution in [2.75, 3.05) is 6.61 Å². The molecule has 1 atom stereocenters. The van der Waals surface area contributed by atoms with Crippen LogP contribution < -0.4 is 5.32 Å². The van der Waals surface area contributed by atoms with Crippen molar-refractivity contribution in [1.29, 1.82) is 0 Å². The third-order valence-corrected chi connectivity index (χ3v) is 3.54. The van der Waals surface area contributed by atoms with Gasteiger partial charge in [-0.2, -0.15) is 0 Å². The third kappa shape index (κ3) is 5.63. The van der Waals surface area contributed by atoms with E-state index in [-0.39, 0.29) is 17.7 Å². The molecule has 1 heterocycles. The lowest BCUT2D eigenvalue weighted by Gasteiger charge is -2.24. The maximum Gasteiger partial charge on any atom is 0.408 e. The van der Waals surface area contributed by atoms with Crippen LogP contribution in [-0.2, 0) is 9.47 Å². The third-order valence-electron chi connectivity index (χ3n) is 2.61. The van der Waals surface area contributed by atoms with Crippen LogP contribution in [0.3, 0.4) is 0 Å². The molecule has 0 unspecified atom stereocenters. The maximum absolute atomic E-state index is 11.9. The summed E-state index contributed by atoms with van der Waals surface area (Å²) >= 11 is 1.32. The molecule has 1 rings (SSSR count). The number of hydrogen-bond donors (Lipinski definition) is 1. The Balaban J connectivity index is 2.84. The fourth-order valence-corrected chi connectivity index (χ4v) is 2.69. The Morgan fingerprint density at radius 2 is 2.00 bits per heavy atom. The number of thiazole rings is 1. The van der Waals surface area contributed by atoms with E-state index in [2.05, 4.69) is 10.3 Å². The normalized spacial score (nSPS) is 12.9. The molecular formula is C15H24N2O4S. The standard InChI is InChI=1S/C15H24N2O4S/c1-7-20-13(18)10-8-22-12(16-10)11(9(2)3)17-14(19)21-15(4,5)6/h8-9,11H,7H2,1-6H3,(H,17,19)/t11-/m1/s1. The molecule has 0 aliphatic carbocycles. The van der Waals surface area contributed by atoms with Crippen molar-refractivity contribution in [2.24, 2.45) is 5.92 Å². The van der Waals surface area contributed by atoms with Crippen LogP contribution in [0.25, 0.3) is 0 Å². The first kappa shape index (κ1) is 18.4. The number of nitrogens with one attached hydrogen (secondary N) is 1. The van der Waals surface area contributed by atoms with Gasteiger partial charge in [-0.3, -0.25) is 0 Å². The van der Waals surface area contributed by atoms with Gasteiger partial charge in [0, 0.05) is 5.38 Å². The second-order valence-electron chi connectivity index (χ2n) is 6.16. The first-order valence-corrected chi connectivity index (χ1v) is 8.14. The lowest BCUT2D eigenvalue weighted by Crippen LogP contribution is -2.36. The minimum atomic E-state index is -0.565. The Bertz CT molecular complexity index is 520. The van der Waals surface area contributed by atoms with E-state index in [4.69, 9.17) is 9.47 Å². The van der Waals surface area contributed by atoms with Gasteiger partial charge in [0.25, 0.3) is 0 Å². The van der Waals surface area contributed by atoms with Gasteiger partial charge >= 0.3 is 12.1 Å². The molecule has 1 N–H and O–H groups in total. The molecule has 0 saturated carbocycles. The molecule has 0 saturated heterocycles. The van der Waals surface area contributed by atoms with Crippen molar-refractivity contribution in [3.8, 4) is 0 Å². The van der Waals surface area contributed by atoms with Crippen molar-refractivity contribution in [1.82, 2.24) is 10.3 Å². The highest BCUT2D eigenvalue weighted by Gasteiger charge is 2.26. The molecule has 1 aromatic rings. The summed E-state index contributed by atoms with van der Waals surface area (Å²) in [4.78, 5) is 27.9. The second-order valence-corrected chi connectivity index (χ2v) is 7.05. The van der Waals surface area contributed by atoms with E-state index in [0.29, 0.717) is 11.6 Å². The van der Waals surface area contributed by atoms with Crippen LogP contribution in [0.4, 0.5) is 4.79 Å². The first-order chi connectivity index (χ1) is 10.1. The average molecular weight is 328 g/mol. The highest BCUT2D eigenvalue weighted by molar-refractivity contribution is 7.09. The summed E-state index contributed by atoms with van der Waals surface area (Å²) in [5.41, 5.74) is -0.302. The minimum Gasteiger partial charge on any atom is -0.461 e. The number of ether oxygens (including phenoxy) is 2. The molecule has 1 amide bonds. The van der Waals surface area contributed by atoms with E-state index >= 15 is 0 Å². The van der Waals surface area contributed by atoms with Crippen LogP contribution in [0, 0.1) is 5.92 Å². The lowest BCUT2D eigenvalue weighted by molar-refractivity contribution is 0.0489. The maximum atomic E-state index is 11.9. The molecule has 0 fully saturated rings. The van der Waals surface area contributed by atoms with E-state index in [9.17, 15) is 9.59 Å². The quantitative estimate of drug-likeness (QED) is 0.837. The van der Waals surface area contributed by atoms with Crippen molar-refractivity contribution in [3.63, 3.8) is 0 Å². The second kappa shape index (κ2) is 7.58. The van der Waals surface area contributed by atoms with Gasteiger partial charge in [0.2, 0.25) is 0 Å². The zero-order chi connectivity index (χ0) is 16.9. The Morgan fingerprint density at radius 3 is 2.50 bits per heavy atom. The van der Waals surface area contributed by atoms with Gasteiger partial charge in [0.1, 0.15) is 10.6 Å². The molecule has 7 heteroatoms. The van der Waals surface area contributed by atoms with Crippen molar-refractivity contribution < 1.29 is 19.1 Å². The summed E-state index contributed by atoms with van der Waals surface area (Å²) in [7, 11) is 0. The molecule has 1 aromatic heterocycles. The highest BCUT2D eigenvalue weighted by Crippen LogP contribution is 2.26. The predicted molar refractivity (Wildman–Crippen MR) is 85.0 cm³/mol.